The third-order valence-electron chi connectivity index (χ3n) is 4.40. The minimum atomic E-state index is -1.14. The number of Topliss-reactive ketones (excluding diaryl/α,β-unsaturated/α-hetero) is 1. The van der Waals surface area contributed by atoms with Crippen LogP contribution < -0.4 is 19.9 Å². The van der Waals surface area contributed by atoms with E-state index in [9.17, 15) is 9.59 Å². The molecule has 2 rings (SSSR count). The van der Waals surface area contributed by atoms with Crippen molar-refractivity contribution in [2.75, 3.05) is 28.4 Å². The highest BCUT2D eigenvalue weighted by Gasteiger charge is 2.39. The van der Waals surface area contributed by atoms with Crippen LogP contribution in [-0.2, 0) is 9.53 Å². The minimum absolute atomic E-state index is 0.0990. The number of ether oxygens (including phenoxy) is 4. The first-order chi connectivity index (χ1) is 12.4. The molecule has 140 valence electrons. The van der Waals surface area contributed by atoms with E-state index in [0.29, 0.717) is 28.6 Å². The summed E-state index contributed by atoms with van der Waals surface area (Å²) in [5.41, 5.74) is 4.80. The molecule has 1 atom stereocenters. The number of primary amides is 1. The predicted molar refractivity (Wildman–Crippen MR) is 95.5 cm³/mol. The van der Waals surface area contributed by atoms with Crippen LogP contribution >= 0.6 is 0 Å². The van der Waals surface area contributed by atoms with Gasteiger partial charge < -0.3 is 24.7 Å². The number of hydrogen-bond acceptors (Lipinski definition) is 6. The maximum Gasteiger partial charge on any atom is 0.228 e. The Kier molecular flexibility index (Phi) is 5.92. The second-order valence-corrected chi connectivity index (χ2v) is 5.91. The van der Waals surface area contributed by atoms with Crippen molar-refractivity contribution in [2.45, 2.75) is 12.8 Å². The van der Waals surface area contributed by atoms with Gasteiger partial charge in [0, 0.05) is 18.4 Å². The molecule has 0 aromatic heterocycles. The average molecular weight is 361 g/mol. The van der Waals surface area contributed by atoms with Gasteiger partial charge in [-0.2, -0.15) is 0 Å². The number of methoxy groups -OCH3 is 4. The zero-order chi connectivity index (χ0) is 19.3. The molecular formula is C19H23NO6. The highest BCUT2D eigenvalue weighted by atomic mass is 16.5. The maximum atomic E-state index is 12.9. The van der Waals surface area contributed by atoms with Crippen LogP contribution in [0.25, 0.3) is 0 Å². The summed E-state index contributed by atoms with van der Waals surface area (Å²) in [6.07, 6.45) is 5.19. The quantitative estimate of drug-likeness (QED) is 0.713. The number of benzene rings is 1. The number of carbonyl (C=O) groups is 2. The van der Waals surface area contributed by atoms with Gasteiger partial charge in [-0.3, -0.25) is 9.59 Å². The van der Waals surface area contributed by atoms with E-state index in [4.69, 9.17) is 24.7 Å². The van der Waals surface area contributed by atoms with Crippen molar-refractivity contribution in [2.24, 2.45) is 11.1 Å². The summed E-state index contributed by atoms with van der Waals surface area (Å²) in [6.45, 7) is 0. The van der Waals surface area contributed by atoms with Gasteiger partial charge in [0.15, 0.2) is 17.3 Å². The van der Waals surface area contributed by atoms with Gasteiger partial charge >= 0.3 is 0 Å². The first-order valence-corrected chi connectivity index (χ1v) is 7.96. The van der Waals surface area contributed by atoms with Crippen LogP contribution in [0.2, 0.25) is 0 Å². The summed E-state index contributed by atoms with van der Waals surface area (Å²) in [4.78, 5) is 25.0. The lowest BCUT2D eigenvalue weighted by Crippen LogP contribution is -2.39. The zero-order valence-corrected chi connectivity index (χ0v) is 15.3. The van der Waals surface area contributed by atoms with Gasteiger partial charge in [0.25, 0.3) is 0 Å². The topological polar surface area (TPSA) is 97.1 Å². The standard InChI is InChI=1S/C19H23NO6/c1-23-13-6-5-7-19(10-13,18(20)22)11-14(21)12-8-15(24-2)17(26-4)16(9-12)25-3/h5-9H,10-11H2,1-4H3,(H2,20,22). The van der Waals surface area contributed by atoms with Crippen molar-refractivity contribution in [3.05, 3.63) is 41.7 Å². The molecule has 0 aliphatic heterocycles. The van der Waals surface area contributed by atoms with Crippen molar-refractivity contribution in [3.63, 3.8) is 0 Å². The van der Waals surface area contributed by atoms with Crippen molar-refractivity contribution in [3.8, 4) is 17.2 Å². The largest absolute Gasteiger partial charge is 0.501 e. The molecule has 0 saturated carbocycles. The van der Waals surface area contributed by atoms with E-state index in [1.807, 2.05) is 0 Å². The second-order valence-electron chi connectivity index (χ2n) is 5.91. The van der Waals surface area contributed by atoms with E-state index < -0.39 is 11.3 Å². The van der Waals surface area contributed by atoms with Crippen LogP contribution in [0, 0.1) is 5.41 Å². The molecular weight excluding hydrogens is 338 g/mol. The number of nitrogens with two attached hydrogens (primary N) is 1. The van der Waals surface area contributed by atoms with Gasteiger partial charge in [-0.15, -0.1) is 0 Å². The lowest BCUT2D eigenvalue weighted by Gasteiger charge is -2.29. The van der Waals surface area contributed by atoms with E-state index in [1.165, 1.54) is 28.4 Å². The summed E-state index contributed by atoms with van der Waals surface area (Å²) < 4.78 is 21.0. The highest BCUT2D eigenvalue weighted by molar-refractivity contribution is 6.01. The van der Waals surface area contributed by atoms with E-state index in [1.54, 1.807) is 30.4 Å². The number of carbonyl (C=O) groups excluding carboxylic acids is 2. The van der Waals surface area contributed by atoms with Crippen molar-refractivity contribution in [1.29, 1.82) is 0 Å². The molecule has 1 unspecified atom stereocenters. The van der Waals surface area contributed by atoms with Crippen LogP contribution in [0.4, 0.5) is 0 Å². The van der Waals surface area contributed by atoms with Gasteiger partial charge in [0.1, 0.15) is 0 Å². The van der Waals surface area contributed by atoms with Crippen LogP contribution in [0.5, 0.6) is 17.2 Å². The molecule has 2 N–H and O–H groups in total. The smallest absolute Gasteiger partial charge is 0.228 e. The fraction of sp³-hybridized carbons (Fsp3) is 0.368. The molecule has 1 amide bonds. The van der Waals surface area contributed by atoms with E-state index in [-0.39, 0.29) is 18.6 Å². The molecule has 0 radical (unpaired) electrons. The number of allylic oxidation sites excluding steroid dienone is 3. The Morgan fingerprint density at radius 1 is 1.04 bits per heavy atom. The summed E-state index contributed by atoms with van der Waals surface area (Å²) in [5.74, 6) is 0.838. The number of ketones is 1. The van der Waals surface area contributed by atoms with Crippen LogP contribution in [-0.4, -0.2) is 40.1 Å². The average Bonchev–Trinajstić information content (AvgIpc) is 2.66. The summed E-state index contributed by atoms with van der Waals surface area (Å²) in [5, 5.41) is 0. The van der Waals surface area contributed by atoms with E-state index in [2.05, 4.69) is 0 Å². The summed E-state index contributed by atoms with van der Waals surface area (Å²) >= 11 is 0. The molecule has 0 bridgehead atoms. The first kappa shape index (κ1) is 19.4. The SMILES string of the molecule is COC1=CC=CC(CC(=O)c2cc(OC)c(OC)c(OC)c2)(C(N)=O)C1. The molecule has 7 heteroatoms. The molecule has 0 saturated heterocycles. The van der Waals surface area contributed by atoms with E-state index in [0.717, 1.165) is 0 Å². The third kappa shape index (κ3) is 3.66. The van der Waals surface area contributed by atoms with Gasteiger partial charge in [-0.1, -0.05) is 12.2 Å². The lowest BCUT2D eigenvalue weighted by molar-refractivity contribution is -0.125. The summed E-state index contributed by atoms with van der Waals surface area (Å²) in [7, 11) is 5.93. The lowest BCUT2D eigenvalue weighted by atomic mass is 9.75. The normalized spacial score (nSPS) is 18.7. The van der Waals surface area contributed by atoms with Gasteiger partial charge in [0.2, 0.25) is 11.7 Å². The number of rotatable bonds is 8. The van der Waals surface area contributed by atoms with Gasteiger partial charge in [-0.05, 0) is 18.2 Å². The van der Waals surface area contributed by atoms with Crippen LogP contribution in [0.15, 0.2) is 36.1 Å². The van der Waals surface area contributed by atoms with Crippen molar-refractivity contribution >= 4 is 11.7 Å². The fourth-order valence-corrected chi connectivity index (χ4v) is 2.92. The Morgan fingerprint density at radius 3 is 2.12 bits per heavy atom. The molecule has 1 aromatic rings. The van der Waals surface area contributed by atoms with Gasteiger partial charge in [-0.25, -0.2) is 0 Å². The molecule has 1 aromatic carbocycles. The monoisotopic (exact) mass is 361 g/mol. The molecule has 0 fully saturated rings. The van der Waals surface area contributed by atoms with Crippen LogP contribution in [0.1, 0.15) is 23.2 Å². The van der Waals surface area contributed by atoms with Crippen molar-refractivity contribution < 1.29 is 28.5 Å². The molecule has 1 aliphatic carbocycles. The number of hydrogen-bond donors (Lipinski definition) is 1. The Morgan fingerprint density at radius 2 is 1.65 bits per heavy atom. The highest BCUT2D eigenvalue weighted by Crippen LogP contribution is 2.40. The molecule has 0 heterocycles. The number of amides is 1. The van der Waals surface area contributed by atoms with Crippen molar-refractivity contribution in [1.82, 2.24) is 0 Å². The van der Waals surface area contributed by atoms with Gasteiger partial charge in [0.05, 0.1) is 39.6 Å². The Balaban J connectivity index is 2.38. The Bertz CT molecular complexity index is 742. The molecule has 26 heavy (non-hydrogen) atoms. The Labute approximate surface area is 152 Å². The molecule has 7 nitrogen and oxygen atoms in total. The second kappa shape index (κ2) is 7.95. The fourth-order valence-electron chi connectivity index (χ4n) is 2.92. The molecule has 0 spiro atoms. The predicted octanol–water partition coefficient (Wildman–Crippen LogP) is 2.25. The summed E-state index contributed by atoms with van der Waals surface area (Å²) in [6, 6.07) is 3.11. The first-order valence-electron chi connectivity index (χ1n) is 7.96. The Hall–Kier alpha value is -2.96. The maximum absolute atomic E-state index is 12.9. The van der Waals surface area contributed by atoms with Crippen LogP contribution in [0.3, 0.4) is 0 Å². The third-order valence-corrected chi connectivity index (χ3v) is 4.40. The zero-order valence-electron chi connectivity index (χ0n) is 15.3. The minimum Gasteiger partial charge on any atom is -0.501 e. The van der Waals surface area contributed by atoms with E-state index >= 15 is 0 Å². The molecule has 1 aliphatic rings.